The highest BCUT2D eigenvalue weighted by molar-refractivity contribution is 5.59. The van der Waals surface area contributed by atoms with Crippen LogP contribution in [0.25, 0.3) is 0 Å². The molecule has 130 valence electrons. The van der Waals surface area contributed by atoms with Crippen molar-refractivity contribution in [2.24, 2.45) is 17.1 Å². The molecule has 6 heteroatoms. The lowest BCUT2D eigenvalue weighted by Gasteiger charge is -2.46. The molecule has 1 aromatic heterocycles. The van der Waals surface area contributed by atoms with Gasteiger partial charge in [0.25, 0.3) is 0 Å². The van der Waals surface area contributed by atoms with E-state index >= 15 is 0 Å². The number of nitrogens with zero attached hydrogens (tertiary/aromatic N) is 5. The monoisotopic (exact) mass is 344 g/mol. The minimum Gasteiger partial charge on any atom is -0.399 e. The Kier molecular flexibility index (Phi) is 4.51. The zero-order valence-corrected chi connectivity index (χ0v) is 14.8. The van der Waals surface area contributed by atoms with Crippen molar-refractivity contribution in [1.82, 2.24) is 9.88 Å². The SMILES string of the molecule is CC(C)N1CC=C2C(C#N)=C(N)C(C#N)(C#N)C(c3cccnc3)C2C1. The molecular formula is C20H20N6. The zero-order chi connectivity index (χ0) is 18.9. The van der Waals surface area contributed by atoms with Crippen molar-refractivity contribution in [3.05, 3.63) is 53.0 Å². The van der Waals surface area contributed by atoms with E-state index in [9.17, 15) is 15.8 Å². The molecule has 1 aliphatic carbocycles. The topological polar surface area (TPSA) is 114 Å². The van der Waals surface area contributed by atoms with E-state index in [1.165, 1.54) is 0 Å². The molecule has 0 fully saturated rings. The summed E-state index contributed by atoms with van der Waals surface area (Å²) in [6.45, 7) is 5.59. The summed E-state index contributed by atoms with van der Waals surface area (Å²) in [6, 6.07) is 10.4. The highest BCUT2D eigenvalue weighted by Crippen LogP contribution is 2.54. The van der Waals surface area contributed by atoms with E-state index in [2.05, 4.69) is 41.9 Å². The van der Waals surface area contributed by atoms with Gasteiger partial charge in [-0.1, -0.05) is 12.1 Å². The molecule has 0 spiro atoms. The molecule has 2 heterocycles. The van der Waals surface area contributed by atoms with E-state index < -0.39 is 11.3 Å². The Morgan fingerprint density at radius 1 is 1.31 bits per heavy atom. The fourth-order valence-electron chi connectivity index (χ4n) is 4.06. The van der Waals surface area contributed by atoms with Crippen LogP contribution in [-0.2, 0) is 0 Å². The lowest BCUT2D eigenvalue weighted by Crippen LogP contribution is -2.49. The molecule has 6 nitrogen and oxygen atoms in total. The van der Waals surface area contributed by atoms with Crippen molar-refractivity contribution < 1.29 is 0 Å². The van der Waals surface area contributed by atoms with Crippen LogP contribution in [0.3, 0.4) is 0 Å². The molecular weight excluding hydrogens is 324 g/mol. The van der Waals surface area contributed by atoms with Gasteiger partial charge in [-0.15, -0.1) is 0 Å². The third-order valence-electron chi connectivity index (χ3n) is 5.47. The normalized spacial score (nSPS) is 24.8. The average molecular weight is 344 g/mol. The Balaban J connectivity index is 2.29. The first-order valence-corrected chi connectivity index (χ1v) is 8.57. The van der Waals surface area contributed by atoms with Gasteiger partial charge in [0.2, 0.25) is 0 Å². The van der Waals surface area contributed by atoms with Crippen molar-refractivity contribution in [2.75, 3.05) is 13.1 Å². The summed E-state index contributed by atoms with van der Waals surface area (Å²) in [5, 5.41) is 29.6. The summed E-state index contributed by atoms with van der Waals surface area (Å²) in [6.07, 6.45) is 5.36. The van der Waals surface area contributed by atoms with Gasteiger partial charge in [0, 0.05) is 43.4 Å². The van der Waals surface area contributed by atoms with E-state index in [1.807, 2.05) is 12.1 Å². The predicted molar refractivity (Wildman–Crippen MR) is 95.7 cm³/mol. The number of fused-ring (bicyclic) bond motifs is 1. The largest absolute Gasteiger partial charge is 0.399 e. The highest BCUT2D eigenvalue weighted by Gasteiger charge is 2.54. The van der Waals surface area contributed by atoms with Crippen LogP contribution < -0.4 is 5.73 Å². The van der Waals surface area contributed by atoms with Gasteiger partial charge in [-0.2, -0.15) is 15.8 Å². The first kappa shape index (κ1) is 17.7. The van der Waals surface area contributed by atoms with Gasteiger partial charge >= 0.3 is 0 Å². The smallest absolute Gasteiger partial charge is 0.191 e. The number of aromatic nitrogens is 1. The number of hydrogen-bond donors (Lipinski definition) is 1. The van der Waals surface area contributed by atoms with E-state index in [0.717, 1.165) is 11.1 Å². The van der Waals surface area contributed by atoms with Crippen LogP contribution in [0, 0.1) is 45.3 Å². The molecule has 1 aliphatic heterocycles. The predicted octanol–water partition coefficient (Wildman–Crippen LogP) is 2.22. The Bertz CT molecular complexity index is 877. The lowest BCUT2D eigenvalue weighted by atomic mass is 9.58. The van der Waals surface area contributed by atoms with Crippen molar-refractivity contribution in [3.63, 3.8) is 0 Å². The maximum Gasteiger partial charge on any atom is 0.191 e. The maximum absolute atomic E-state index is 9.97. The molecule has 0 bridgehead atoms. The van der Waals surface area contributed by atoms with Crippen molar-refractivity contribution in [1.29, 1.82) is 15.8 Å². The fraction of sp³-hybridized carbons (Fsp3) is 0.400. The lowest BCUT2D eigenvalue weighted by molar-refractivity contribution is 0.174. The third-order valence-corrected chi connectivity index (χ3v) is 5.47. The Morgan fingerprint density at radius 2 is 2.04 bits per heavy atom. The molecule has 0 radical (unpaired) electrons. The molecule has 2 N–H and O–H groups in total. The molecule has 0 amide bonds. The van der Waals surface area contributed by atoms with Crippen molar-refractivity contribution in [2.45, 2.75) is 25.8 Å². The minimum atomic E-state index is -1.59. The summed E-state index contributed by atoms with van der Waals surface area (Å²) >= 11 is 0. The summed E-state index contributed by atoms with van der Waals surface area (Å²) in [4.78, 5) is 6.45. The summed E-state index contributed by atoms with van der Waals surface area (Å²) in [5.74, 6) is -0.646. The number of pyridine rings is 1. The van der Waals surface area contributed by atoms with Crippen molar-refractivity contribution >= 4 is 0 Å². The van der Waals surface area contributed by atoms with E-state index in [-0.39, 0.29) is 17.2 Å². The van der Waals surface area contributed by atoms with Gasteiger partial charge in [0.15, 0.2) is 5.41 Å². The van der Waals surface area contributed by atoms with Crippen LogP contribution in [0.15, 0.2) is 47.4 Å². The van der Waals surface area contributed by atoms with E-state index in [1.54, 1.807) is 18.5 Å². The van der Waals surface area contributed by atoms with Crippen LogP contribution in [0.4, 0.5) is 0 Å². The third kappa shape index (κ3) is 2.46. The molecule has 0 saturated carbocycles. The number of hydrogen-bond acceptors (Lipinski definition) is 6. The summed E-state index contributed by atoms with van der Waals surface area (Å²) < 4.78 is 0. The van der Waals surface area contributed by atoms with E-state index in [0.29, 0.717) is 19.1 Å². The quantitative estimate of drug-likeness (QED) is 0.880. The second kappa shape index (κ2) is 6.64. The van der Waals surface area contributed by atoms with Gasteiger partial charge in [0.1, 0.15) is 6.07 Å². The van der Waals surface area contributed by atoms with Crippen LogP contribution in [0.5, 0.6) is 0 Å². The second-order valence-corrected chi connectivity index (χ2v) is 7.01. The van der Waals surface area contributed by atoms with Gasteiger partial charge in [-0.05, 0) is 31.1 Å². The molecule has 0 aromatic carbocycles. The number of nitriles is 3. The average Bonchev–Trinajstić information content (AvgIpc) is 2.67. The molecule has 26 heavy (non-hydrogen) atoms. The Morgan fingerprint density at radius 3 is 2.58 bits per heavy atom. The standard InChI is InChI=1S/C20H20N6/c1-13(2)26-7-5-15-16(8-21)19(24)20(11-22,12-23)18(17(15)10-26)14-4-3-6-25-9-14/h3-6,9,13,17-18H,7,10,24H2,1-2H3. The van der Waals surface area contributed by atoms with Crippen LogP contribution in [0.2, 0.25) is 0 Å². The molecule has 2 unspecified atom stereocenters. The fourth-order valence-corrected chi connectivity index (χ4v) is 4.06. The first-order valence-electron chi connectivity index (χ1n) is 8.57. The zero-order valence-electron chi connectivity index (χ0n) is 14.8. The van der Waals surface area contributed by atoms with Gasteiger partial charge in [-0.3, -0.25) is 9.88 Å². The summed E-state index contributed by atoms with van der Waals surface area (Å²) in [7, 11) is 0. The molecule has 2 aliphatic rings. The van der Waals surface area contributed by atoms with Crippen molar-refractivity contribution in [3.8, 4) is 18.2 Å². The number of rotatable bonds is 2. The highest BCUT2D eigenvalue weighted by atomic mass is 15.2. The molecule has 1 aromatic rings. The summed E-state index contributed by atoms with van der Waals surface area (Å²) in [5.41, 5.74) is 6.64. The minimum absolute atomic E-state index is 0.0550. The van der Waals surface area contributed by atoms with Gasteiger partial charge in [0.05, 0.1) is 23.4 Å². The first-order chi connectivity index (χ1) is 12.5. The van der Waals surface area contributed by atoms with E-state index in [4.69, 9.17) is 5.73 Å². The Labute approximate surface area is 153 Å². The number of nitrogens with two attached hydrogens (primary N) is 1. The van der Waals surface area contributed by atoms with Gasteiger partial charge in [-0.25, -0.2) is 0 Å². The Hall–Kier alpha value is -3.14. The van der Waals surface area contributed by atoms with Crippen LogP contribution in [0.1, 0.15) is 25.3 Å². The maximum atomic E-state index is 9.97. The van der Waals surface area contributed by atoms with Crippen LogP contribution in [-0.4, -0.2) is 29.0 Å². The van der Waals surface area contributed by atoms with Gasteiger partial charge < -0.3 is 5.73 Å². The molecule has 2 atom stereocenters. The molecule has 0 saturated heterocycles. The second-order valence-electron chi connectivity index (χ2n) is 7.01. The number of allylic oxidation sites excluding steroid dienone is 2. The van der Waals surface area contributed by atoms with Crippen LogP contribution >= 0.6 is 0 Å². The molecule has 3 rings (SSSR count).